The first-order chi connectivity index (χ1) is 14.7. The Labute approximate surface area is 186 Å². The first kappa shape index (κ1) is 21.8. The second-order valence-electron chi connectivity index (χ2n) is 8.11. The molecule has 1 atom stereocenters. The van der Waals surface area contributed by atoms with Gasteiger partial charge < -0.3 is 8.98 Å². The van der Waals surface area contributed by atoms with Crippen LogP contribution in [0.3, 0.4) is 0 Å². The number of hydrogen-bond acceptors (Lipinski definition) is 7. The highest BCUT2D eigenvalue weighted by Gasteiger charge is 2.29. The monoisotopic (exact) mass is 459 g/mol. The third kappa shape index (κ3) is 4.93. The molecule has 0 N–H and O–H groups in total. The Kier molecular flexibility index (Phi) is 6.07. The quantitative estimate of drug-likeness (QED) is 0.392. The molecule has 2 aromatic heterocycles. The van der Waals surface area contributed by atoms with Crippen molar-refractivity contribution in [2.45, 2.75) is 38.8 Å². The standard InChI is InChI=1S/C22H25N3O4S2/c1-14-5-4-6-18(9-14)25-15(2)10-19(16(25)3)20(26)12-30-22-24-23-21(29-22)11-17-7-8-31(27,28)13-17/h4-6,9-10,17H,7-8,11-13H2,1-3H3. The van der Waals surface area contributed by atoms with Crippen LogP contribution < -0.4 is 0 Å². The van der Waals surface area contributed by atoms with Crippen LogP contribution in [-0.4, -0.2) is 46.2 Å². The number of aromatic nitrogens is 3. The number of thioether (sulfide) groups is 1. The van der Waals surface area contributed by atoms with E-state index in [0.29, 0.717) is 29.5 Å². The van der Waals surface area contributed by atoms with Crippen molar-refractivity contribution in [2.75, 3.05) is 17.3 Å². The van der Waals surface area contributed by atoms with E-state index in [1.54, 1.807) is 0 Å². The van der Waals surface area contributed by atoms with Crippen LogP contribution in [0.2, 0.25) is 0 Å². The lowest BCUT2D eigenvalue weighted by atomic mass is 10.1. The summed E-state index contributed by atoms with van der Waals surface area (Å²) in [6, 6.07) is 10.1. The number of aryl methyl sites for hydroxylation is 2. The molecule has 1 aliphatic rings. The van der Waals surface area contributed by atoms with Crippen LogP contribution in [-0.2, 0) is 16.3 Å². The fraction of sp³-hybridized carbons (Fsp3) is 0.409. The van der Waals surface area contributed by atoms with E-state index in [9.17, 15) is 13.2 Å². The zero-order valence-electron chi connectivity index (χ0n) is 17.8. The molecule has 0 spiro atoms. The second-order valence-corrected chi connectivity index (χ2v) is 11.3. The molecular formula is C22H25N3O4S2. The highest BCUT2D eigenvalue weighted by Crippen LogP contribution is 2.26. The number of rotatable bonds is 7. The second kappa shape index (κ2) is 8.63. The smallest absolute Gasteiger partial charge is 0.277 e. The van der Waals surface area contributed by atoms with Gasteiger partial charge in [0.15, 0.2) is 15.6 Å². The summed E-state index contributed by atoms with van der Waals surface area (Å²) >= 11 is 1.21. The molecule has 1 aliphatic heterocycles. The van der Waals surface area contributed by atoms with Gasteiger partial charge in [-0.1, -0.05) is 23.9 Å². The molecule has 9 heteroatoms. The minimum absolute atomic E-state index is 0.00126. The normalized spacial score (nSPS) is 17.8. The summed E-state index contributed by atoms with van der Waals surface area (Å²) in [6.07, 6.45) is 1.08. The van der Waals surface area contributed by atoms with E-state index < -0.39 is 9.84 Å². The van der Waals surface area contributed by atoms with Gasteiger partial charge in [0.1, 0.15) is 0 Å². The van der Waals surface area contributed by atoms with Gasteiger partial charge in [-0.2, -0.15) is 0 Å². The fourth-order valence-corrected chi connectivity index (χ4v) is 6.60. The van der Waals surface area contributed by atoms with Gasteiger partial charge in [0.05, 0.1) is 17.3 Å². The molecule has 0 radical (unpaired) electrons. The Bertz CT molecular complexity index is 1230. The molecule has 1 saturated heterocycles. The van der Waals surface area contributed by atoms with Crippen LogP contribution in [0.25, 0.3) is 5.69 Å². The Morgan fingerprint density at radius 3 is 2.74 bits per heavy atom. The Morgan fingerprint density at radius 2 is 2.03 bits per heavy atom. The molecular weight excluding hydrogens is 434 g/mol. The first-order valence-corrected chi connectivity index (χ1v) is 13.0. The molecule has 0 aliphatic carbocycles. The third-order valence-corrected chi connectivity index (χ3v) is 8.21. The number of sulfone groups is 1. The summed E-state index contributed by atoms with van der Waals surface area (Å²) in [4.78, 5) is 12.9. The predicted molar refractivity (Wildman–Crippen MR) is 120 cm³/mol. The van der Waals surface area contributed by atoms with Crippen molar-refractivity contribution >= 4 is 27.4 Å². The van der Waals surface area contributed by atoms with Gasteiger partial charge in [-0.25, -0.2) is 8.42 Å². The van der Waals surface area contributed by atoms with Gasteiger partial charge in [0, 0.05) is 29.1 Å². The van der Waals surface area contributed by atoms with Crippen LogP contribution in [0.4, 0.5) is 0 Å². The molecule has 3 heterocycles. The number of carbonyl (C=O) groups is 1. The van der Waals surface area contributed by atoms with Crippen molar-refractivity contribution < 1.29 is 17.6 Å². The van der Waals surface area contributed by atoms with Gasteiger partial charge in [-0.15, -0.1) is 10.2 Å². The van der Waals surface area contributed by atoms with Crippen molar-refractivity contribution in [1.82, 2.24) is 14.8 Å². The van der Waals surface area contributed by atoms with Crippen LogP contribution in [0.1, 0.15) is 39.6 Å². The van der Waals surface area contributed by atoms with E-state index in [1.165, 1.54) is 11.8 Å². The van der Waals surface area contributed by atoms with Crippen molar-refractivity contribution in [2.24, 2.45) is 5.92 Å². The SMILES string of the molecule is Cc1cccc(-n2c(C)cc(C(=O)CSc3nnc(CC4CCS(=O)(=O)C4)o3)c2C)c1. The van der Waals surface area contributed by atoms with Gasteiger partial charge >= 0.3 is 0 Å². The fourth-order valence-electron chi connectivity index (χ4n) is 4.07. The first-order valence-electron chi connectivity index (χ1n) is 10.2. The molecule has 1 aromatic carbocycles. The average molecular weight is 460 g/mol. The minimum atomic E-state index is -2.93. The van der Waals surface area contributed by atoms with Crippen molar-refractivity contribution in [3.8, 4) is 5.69 Å². The molecule has 4 rings (SSSR count). The maximum absolute atomic E-state index is 12.9. The van der Waals surface area contributed by atoms with Gasteiger partial charge in [0.25, 0.3) is 5.22 Å². The Hall–Kier alpha value is -2.39. The molecule has 0 amide bonds. The Morgan fingerprint density at radius 1 is 1.23 bits per heavy atom. The summed E-state index contributed by atoms with van der Waals surface area (Å²) in [5.41, 5.74) is 4.79. The summed E-state index contributed by atoms with van der Waals surface area (Å²) < 4.78 is 30.9. The Balaban J connectivity index is 1.41. The molecule has 31 heavy (non-hydrogen) atoms. The topological polar surface area (TPSA) is 95.1 Å². The highest BCUT2D eigenvalue weighted by molar-refractivity contribution is 7.99. The number of Topliss-reactive ketones (excluding diaryl/α,β-unsaturated/α-hetero) is 1. The minimum Gasteiger partial charge on any atom is -0.416 e. The lowest BCUT2D eigenvalue weighted by Crippen LogP contribution is -2.07. The lowest BCUT2D eigenvalue weighted by molar-refractivity contribution is 0.102. The van der Waals surface area contributed by atoms with Crippen LogP contribution >= 0.6 is 11.8 Å². The zero-order valence-corrected chi connectivity index (χ0v) is 19.4. The van der Waals surface area contributed by atoms with Crippen LogP contribution in [0.15, 0.2) is 40.0 Å². The van der Waals surface area contributed by atoms with Gasteiger partial charge in [-0.3, -0.25) is 4.79 Å². The molecule has 1 unspecified atom stereocenters. The van der Waals surface area contributed by atoms with Crippen LogP contribution in [0, 0.1) is 26.7 Å². The van der Waals surface area contributed by atoms with Crippen LogP contribution in [0.5, 0.6) is 0 Å². The van der Waals surface area contributed by atoms with E-state index in [2.05, 4.69) is 20.8 Å². The van der Waals surface area contributed by atoms with Gasteiger partial charge in [-0.05, 0) is 56.9 Å². The van der Waals surface area contributed by atoms with Crippen molar-refractivity contribution in [3.63, 3.8) is 0 Å². The molecule has 1 fully saturated rings. The maximum atomic E-state index is 12.9. The maximum Gasteiger partial charge on any atom is 0.277 e. The molecule has 3 aromatic rings. The predicted octanol–water partition coefficient (Wildman–Crippen LogP) is 3.74. The van der Waals surface area contributed by atoms with E-state index in [4.69, 9.17) is 4.42 Å². The number of benzene rings is 1. The summed E-state index contributed by atoms with van der Waals surface area (Å²) in [5, 5.41) is 8.35. The summed E-state index contributed by atoms with van der Waals surface area (Å²) in [6.45, 7) is 5.99. The summed E-state index contributed by atoms with van der Waals surface area (Å²) in [7, 11) is -2.93. The number of hydrogen-bond donors (Lipinski definition) is 0. The van der Waals surface area contributed by atoms with Crippen molar-refractivity contribution in [3.05, 3.63) is 58.7 Å². The molecule has 0 saturated carbocycles. The third-order valence-electron chi connectivity index (χ3n) is 5.56. The van der Waals surface area contributed by atoms with Crippen molar-refractivity contribution in [1.29, 1.82) is 0 Å². The highest BCUT2D eigenvalue weighted by atomic mass is 32.2. The van der Waals surface area contributed by atoms with E-state index in [0.717, 1.165) is 22.6 Å². The summed E-state index contributed by atoms with van der Waals surface area (Å²) in [5.74, 6) is 1.04. The number of ketones is 1. The lowest BCUT2D eigenvalue weighted by Gasteiger charge is -2.10. The van der Waals surface area contributed by atoms with E-state index in [1.807, 2.05) is 45.0 Å². The van der Waals surface area contributed by atoms with E-state index >= 15 is 0 Å². The number of nitrogens with zero attached hydrogens (tertiary/aromatic N) is 3. The molecule has 0 bridgehead atoms. The van der Waals surface area contributed by atoms with E-state index in [-0.39, 0.29) is 29.0 Å². The molecule has 7 nitrogen and oxygen atoms in total. The number of carbonyl (C=O) groups excluding carboxylic acids is 1. The van der Waals surface area contributed by atoms with Gasteiger partial charge in [0.2, 0.25) is 5.89 Å². The molecule has 164 valence electrons. The zero-order chi connectivity index (χ0) is 22.2. The average Bonchev–Trinajstić information content (AvgIpc) is 3.37. The largest absolute Gasteiger partial charge is 0.416 e.